The van der Waals surface area contributed by atoms with Crippen LogP contribution < -0.4 is 10.6 Å². The molecule has 2 heterocycles. The molecular formula is C8H18N2. The fourth-order valence-electron chi connectivity index (χ4n) is 1.64. The lowest BCUT2D eigenvalue weighted by molar-refractivity contribution is 0.382. The van der Waals surface area contributed by atoms with Crippen molar-refractivity contribution in [2.24, 2.45) is 0 Å². The molecule has 60 valence electrons. The van der Waals surface area contributed by atoms with E-state index in [1.165, 1.54) is 25.8 Å². The van der Waals surface area contributed by atoms with Crippen molar-refractivity contribution in [3.05, 3.63) is 0 Å². The minimum absolute atomic E-state index is 0.661. The Bertz CT molecular complexity index is 79.3. The lowest BCUT2D eigenvalue weighted by Crippen LogP contribution is -2.46. The van der Waals surface area contributed by atoms with Gasteiger partial charge in [0.1, 0.15) is 0 Å². The molecule has 2 aliphatic rings. The first-order chi connectivity index (χ1) is 4.95. The van der Waals surface area contributed by atoms with Crippen LogP contribution in [-0.4, -0.2) is 18.8 Å². The van der Waals surface area contributed by atoms with Crippen molar-refractivity contribution in [2.75, 3.05) is 6.54 Å². The van der Waals surface area contributed by atoms with Crippen LogP contribution in [0.3, 0.4) is 0 Å². The molecule has 2 bridgehead atoms. The molecule has 2 heteroatoms. The number of hydrogen-bond acceptors (Lipinski definition) is 2. The topological polar surface area (TPSA) is 24.1 Å². The SMILES string of the molecule is C1CC2CCC(N1)N2.CC. The van der Waals surface area contributed by atoms with Crippen molar-refractivity contribution >= 4 is 0 Å². The average Bonchev–Trinajstić information content (AvgIpc) is 2.35. The number of fused-ring (bicyclic) bond motifs is 2. The summed E-state index contributed by atoms with van der Waals surface area (Å²) in [7, 11) is 0. The molecule has 0 aliphatic carbocycles. The Hall–Kier alpha value is -0.0800. The Morgan fingerprint density at radius 1 is 1.10 bits per heavy atom. The van der Waals surface area contributed by atoms with Gasteiger partial charge in [-0.15, -0.1) is 0 Å². The molecule has 2 N–H and O–H groups in total. The molecule has 2 nitrogen and oxygen atoms in total. The summed E-state index contributed by atoms with van der Waals surface area (Å²) in [6.45, 7) is 5.22. The van der Waals surface area contributed by atoms with Crippen molar-refractivity contribution in [1.29, 1.82) is 0 Å². The molecule has 2 fully saturated rings. The van der Waals surface area contributed by atoms with E-state index in [4.69, 9.17) is 0 Å². The van der Waals surface area contributed by atoms with E-state index in [0.29, 0.717) is 6.17 Å². The smallest absolute Gasteiger partial charge is 0.0574 e. The van der Waals surface area contributed by atoms with Gasteiger partial charge in [0.2, 0.25) is 0 Å². The second-order valence-corrected chi connectivity index (χ2v) is 2.74. The van der Waals surface area contributed by atoms with E-state index in [1.54, 1.807) is 0 Å². The van der Waals surface area contributed by atoms with Crippen molar-refractivity contribution in [3.8, 4) is 0 Å². The van der Waals surface area contributed by atoms with E-state index < -0.39 is 0 Å². The summed E-state index contributed by atoms with van der Waals surface area (Å²) in [5.41, 5.74) is 0. The fourth-order valence-corrected chi connectivity index (χ4v) is 1.64. The van der Waals surface area contributed by atoms with Crippen molar-refractivity contribution in [1.82, 2.24) is 10.6 Å². The maximum absolute atomic E-state index is 3.48. The third kappa shape index (κ3) is 1.70. The summed E-state index contributed by atoms with van der Waals surface area (Å²) in [5, 5.41) is 6.88. The molecule has 0 amide bonds. The molecule has 0 aromatic rings. The molecule has 2 rings (SSSR count). The molecule has 2 saturated heterocycles. The average molecular weight is 142 g/mol. The summed E-state index contributed by atoms with van der Waals surface area (Å²) in [6, 6.07) is 0.848. The van der Waals surface area contributed by atoms with Gasteiger partial charge in [0.25, 0.3) is 0 Å². The minimum Gasteiger partial charge on any atom is -0.302 e. The highest BCUT2D eigenvalue weighted by Crippen LogP contribution is 2.16. The van der Waals surface area contributed by atoms with Crippen LogP contribution in [0.5, 0.6) is 0 Å². The maximum atomic E-state index is 3.48. The van der Waals surface area contributed by atoms with Gasteiger partial charge in [0.05, 0.1) is 6.17 Å². The van der Waals surface area contributed by atoms with E-state index in [-0.39, 0.29) is 0 Å². The summed E-state index contributed by atoms with van der Waals surface area (Å²) in [6.07, 6.45) is 4.72. The van der Waals surface area contributed by atoms with Gasteiger partial charge in [0, 0.05) is 6.04 Å². The second-order valence-electron chi connectivity index (χ2n) is 2.74. The second kappa shape index (κ2) is 3.94. The Morgan fingerprint density at radius 3 is 2.50 bits per heavy atom. The van der Waals surface area contributed by atoms with Gasteiger partial charge in [-0.25, -0.2) is 0 Å². The lowest BCUT2D eigenvalue weighted by atomic mass is 10.2. The van der Waals surface area contributed by atoms with Gasteiger partial charge in [-0.05, 0) is 25.8 Å². The van der Waals surface area contributed by atoms with Crippen LogP contribution in [0.2, 0.25) is 0 Å². The summed E-state index contributed by atoms with van der Waals surface area (Å²) in [5.74, 6) is 0. The van der Waals surface area contributed by atoms with Gasteiger partial charge in [-0.1, -0.05) is 13.8 Å². The van der Waals surface area contributed by atoms with E-state index in [0.717, 1.165) is 6.04 Å². The van der Waals surface area contributed by atoms with Gasteiger partial charge >= 0.3 is 0 Å². The molecule has 0 aromatic heterocycles. The van der Waals surface area contributed by atoms with E-state index in [9.17, 15) is 0 Å². The summed E-state index contributed by atoms with van der Waals surface area (Å²) >= 11 is 0. The predicted molar refractivity (Wildman–Crippen MR) is 43.9 cm³/mol. The van der Waals surface area contributed by atoms with Crippen molar-refractivity contribution < 1.29 is 0 Å². The Kier molecular flexibility index (Phi) is 3.16. The molecule has 2 atom stereocenters. The normalized spacial score (nSPS) is 36.6. The monoisotopic (exact) mass is 142 g/mol. The van der Waals surface area contributed by atoms with Gasteiger partial charge in [-0.2, -0.15) is 0 Å². The highest BCUT2D eigenvalue weighted by atomic mass is 15.2. The van der Waals surface area contributed by atoms with Crippen molar-refractivity contribution in [3.63, 3.8) is 0 Å². The van der Waals surface area contributed by atoms with E-state index in [1.807, 2.05) is 13.8 Å². The van der Waals surface area contributed by atoms with Crippen LogP contribution in [0.25, 0.3) is 0 Å². The fraction of sp³-hybridized carbons (Fsp3) is 1.00. The first kappa shape index (κ1) is 8.02. The van der Waals surface area contributed by atoms with Gasteiger partial charge in [0.15, 0.2) is 0 Å². The summed E-state index contributed by atoms with van der Waals surface area (Å²) < 4.78 is 0. The van der Waals surface area contributed by atoms with Crippen LogP contribution in [0.15, 0.2) is 0 Å². The predicted octanol–water partition coefficient (Wildman–Crippen LogP) is 1.08. The lowest BCUT2D eigenvalue weighted by Gasteiger charge is -2.21. The zero-order chi connectivity index (χ0) is 7.40. The maximum Gasteiger partial charge on any atom is 0.0574 e. The largest absolute Gasteiger partial charge is 0.302 e. The van der Waals surface area contributed by atoms with Crippen molar-refractivity contribution in [2.45, 2.75) is 45.3 Å². The van der Waals surface area contributed by atoms with E-state index >= 15 is 0 Å². The highest BCUT2D eigenvalue weighted by molar-refractivity contribution is 4.86. The van der Waals surface area contributed by atoms with Gasteiger partial charge in [-0.3, -0.25) is 5.32 Å². The number of hydrogen-bond donors (Lipinski definition) is 2. The molecule has 0 aromatic carbocycles. The Labute approximate surface area is 63.4 Å². The zero-order valence-electron chi connectivity index (χ0n) is 6.98. The molecule has 2 aliphatic heterocycles. The molecule has 2 unspecified atom stereocenters. The highest BCUT2D eigenvalue weighted by Gasteiger charge is 2.26. The minimum atomic E-state index is 0.661. The summed E-state index contributed by atoms with van der Waals surface area (Å²) in [4.78, 5) is 0. The van der Waals surface area contributed by atoms with Gasteiger partial charge < -0.3 is 5.32 Å². The van der Waals surface area contributed by atoms with Crippen LogP contribution >= 0.6 is 0 Å². The number of rotatable bonds is 0. The van der Waals surface area contributed by atoms with Crippen LogP contribution in [0.1, 0.15) is 33.1 Å². The first-order valence-electron chi connectivity index (χ1n) is 4.44. The third-order valence-electron chi connectivity index (χ3n) is 2.12. The Morgan fingerprint density at radius 2 is 1.90 bits per heavy atom. The standard InChI is InChI=1S/C6H12N2.C2H6/c1-2-6-7-4-3-5(1)8-6;1-2/h5-8H,1-4H2;1-2H3. The molecule has 0 saturated carbocycles. The third-order valence-corrected chi connectivity index (χ3v) is 2.12. The zero-order valence-corrected chi connectivity index (χ0v) is 6.98. The molecular weight excluding hydrogens is 124 g/mol. The Balaban J connectivity index is 0.000000231. The molecule has 0 spiro atoms. The first-order valence-corrected chi connectivity index (χ1v) is 4.44. The van der Waals surface area contributed by atoms with Crippen LogP contribution in [0, 0.1) is 0 Å². The van der Waals surface area contributed by atoms with E-state index in [2.05, 4.69) is 10.6 Å². The number of nitrogens with one attached hydrogen (secondary N) is 2. The quantitative estimate of drug-likeness (QED) is 0.529. The molecule has 10 heavy (non-hydrogen) atoms. The van der Waals surface area contributed by atoms with Crippen LogP contribution in [0.4, 0.5) is 0 Å². The van der Waals surface area contributed by atoms with Crippen LogP contribution in [-0.2, 0) is 0 Å². The molecule has 0 radical (unpaired) electrons.